The third kappa shape index (κ3) is 5.02. The van der Waals surface area contributed by atoms with Crippen LogP contribution in [0.3, 0.4) is 0 Å². The summed E-state index contributed by atoms with van der Waals surface area (Å²) in [7, 11) is 3.13. The second-order valence-corrected chi connectivity index (χ2v) is 10.8. The van der Waals surface area contributed by atoms with Crippen LogP contribution in [-0.4, -0.2) is 45.9 Å². The quantitative estimate of drug-likeness (QED) is 0.275. The van der Waals surface area contributed by atoms with Crippen LogP contribution in [0.25, 0.3) is 11.3 Å². The molecule has 0 saturated heterocycles. The number of carbonyl (C=O) groups is 1. The van der Waals surface area contributed by atoms with E-state index in [1.54, 1.807) is 31.3 Å². The minimum Gasteiger partial charge on any atom is -0.497 e. The number of hydrogen-bond donors (Lipinski definition) is 1. The van der Waals surface area contributed by atoms with Crippen molar-refractivity contribution in [3.63, 3.8) is 0 Å². The van der Waals surface area contributed by atoms with E-state index >= 15 is 0 Å². The van der Waals surface area contributed by atoms with Crippen LogP contribution in [0, 0.1) is 11.6 Å². The van der Waals surface area contributed by atoms with Crippen molar-refractivity contribution < 1.29 is 23.0 Å². The molecule has 6 rings (SSSR count). The molecule has 0 bridgehead atoms. The summed E-state index contributed by atoms with van der Waals surface area (Å²) in [5.41, 5.74) is 4.07. The van der Waals surface area contributed by atoms with Crippen LogP contribution in [0.15, 0.2) is 54.7 Å². The third-order valence-corrected chi connectivity index (χ3v) is 7.83. The largest absolute Gasteiger partial charge is 0.497 e. The Kier molecular flexibility index (Phi) is 7.24. The summed E-state index contributed by atoms with van der Waals surface area (Å²) in [4.78, 5) is 27.0. The van der Waals surface area contributed by atoms with Gasteiger partial charge < -0.3 is 19.7 Å². The monoisotopic (exact) mass is 571 g/mol. The van der Waals surface area contributed by atoms with Gasteiger partial charge in [0, 0.05) is 37.0 Å². The van der Waals surface area contributed by atoms with Crippen LogP contribution in [0.1, 0.15) is 46.6 Å². The van der Waals surface area contributed by atoms with Crippen molar-refractivity contribution in [1.29, 1.82) is 0 Å². The van der Waals surface area contributed by atoms with Crippen molar-refractivity contribution in [3.05, 3.63) is 94.3 Å². The molecular formula is C32H31F2N5O3. The Morgan fingerprint density at radius 2 is 1.71 bits per heavy atom. The van der Waals surface area contributed by atoms with Gasteiger partial charge in [0.05, 0.1) is 55.5 Å². The molecule has 2 aliphatic heterocycles. The number of fused-ring (bicyclic) bond motifs is 2. The predicted octanol–water partition coefficient (Wildman–Crippen LogP) is 6.06. The average Bonchev–Trinajstić information content (AvgIpc) is 3.54. The Hall–Kier alpha value is -4.57. The van der Waals surface area contributed by atoms with Gasteiger partial charge in [-0.1, -0.05) is 6.07 Å². The fourth-order valence-corrected chi connectivity index (χ4v) is 5.53. The Bertz CT molecular complexity index is 1670. The standard InChI is InChI=1S/C32H31F2N5O3/c1-18(2)38-15-20-10-29(35-13-21(20)16-38)37-26-12-25(30-23(33)6-5-7-24(30)34)36-27-17-39(32(40)31(26)27)14-19-8-9-22(41-3)11-28(19)42-4/h5-13,18H,14-17H2,1-4H3,(H,35,36,37). The van der Waals surface area contributed by atoms with Gasteiger partial charge in [-0.05, 0) is 61.4 Å². The Morgan fingerprint density at radius 3 is 2.43 bits per heavy atom. The van der Waals surface area contributed by atoms with Gasteiger partial charge in [-0.2, -0.15) is 0 Å². The molecule has 1 N–H and O–H groups in total. The molecular weight excluding hydrogens is 540 g/mol. The third-order valence-electron chi connectivity index (χ3n) is 7.83. The topological polar surface area (TPSA) is 79.8 Å². The number of ether oxygens (including phenoxy) is 2. The van der Waals surface area contributed by atoms with Gasteiger partial charge >= 0.3 is 0 Å². The smallest absolute Gasteiger partial charge is 0.258 e. The number of nitrogens with one attached hydrogen (secondary N) is 1. The molecule has 2 aromatic heterocycles. The molecule has 1 amide bonds. The number of hydrogen-bond acceptors (Lipinski definition) is 7. The first-order valence-corrected chi connectivity index (χ1v) is 13.7. The number of nitrogens with zero attached hydrogens (tertiary/aromatic N) is 4. The van der Waals surface area contributed by atoms with Gasteiger partial charge in [-0.25, -0.2) is 18.7 Å². The SMILES string of the molecule is COc1ccc(CN2Cc3nc(-c4c(F)cccc4F)cc(Nc4cc5c(cn4)CN(C(C)C)C5)c3C2=O)c(OC)c1. The molecule has 8 nitrogen and oxygen atoms in total. The summed E-state index contributed by atoms with van der Waals surface area (Å²) in [6.07, 6.45) is 1.84. The number of carbonyl (C=O) groups excluding carboxylic acids is 1. The first kappa shape index (κ1) is 27.6. The molecule has 0 atom stereocenters. The van der Waals surface area contributed by atoms with Crippen LogP contribution >= 0.6 is 0 Å². The van der Waals surface area contributed by atoms with Gasteiger partial charge in [-0.3, -0.25) is 9.69 Å². The summed E-state index contributed by atoms with van der Waals surface area (Å²) in [5.74, 6) is 0.0244. The van der Waals surface area contributed by atoms with Crippen molar-refractivity contribution in [2.75, 3.05) is 19.5 Å². The molecule has 0 fully saturated rings. The molecule has 2 aromatic carbocycles. The highest BCUT2D eigenvalue weighted by Crippen LogP contribution is 2.37. The number of aromatic nitrogens is 2. The van der Waals surface area contributed by atoms with E-state index in [4.69, 9.17) is 9.47 Å². The lowest BCUT2D eigenvalue weighted by atomic mass is 10.1. The predicted molar refractivity (Wildman–Crippen MR) is 155 cm³/mol. The van der Waals surface area contributed by atoms with E-state index in [0.717, 1.165) is 29.8 Å². The molecule has 10 heteroatoms. The van der Waals surface area contributed by atoms with E-state index in [2.05, 4.69) is 34.0 Å². The number of pyridine rings is 2. The number of anilines is 2. The van der Waals surface area contributed by atoms with Crippen LogP contribution in [0.2, 0.25) is 0 Å². The number of rotatable bonds is 8. The van der Waals surface area contributed by atoms with E-state index in [0.29, 0.717) is 40.3 Å². The first-order chi connectivity index (χ1) is 20.2. The zero-order valence-corrected chi connectivity index (χ0v) is 23.9. The van der Waals surface area contributed by atoms with Crippen LogP contribution < -0.4 is 14.8 Å². The Balaban J connectivity index is 1.38. The fourth-order valence-electron chi connectivity index (χ4n) is 5.53. The highest BCUT2D eigenvalue weighted by molar-refractivity contribution is 6.04. The first-order valence-electron chi connectivity index (χ1n) is 13.7. The molecule has 4 heterocycles. The van der Waals surface area contributed by atoms with Crippen molar-refractivity contribution in [1.82, 2.24) is 19.8 Å². The van der Waals surface area contributed by atoms with Crippen molar-refractivity contribution in [3.8, 4) is 22.8 Å². The minimum absolute atomic E-state index is 0.0932. The maximum atomic E-state index is 14.9. The number of benzene rings is 2. The summed E-state index contributed by atoms with van der Waals surface area (Å²) < 4.78 is 40.6. The van der Waals surface area contributed by atoms with Gasteiger partial charge in [0.2, 0.25) is 0 Å². The maximum absolute atomic E-state index is 14.9. The van der Waals surface area contributed by atoms with Crippen LogP contribution in [0.5, 0.6) is 11.5 Å². The molecule has 42 heavy (non-hydrogen) atoms. The lowest BCUT2D eigenvalue weighted by molar-refractivity contribution is 0.0766. The van der Waals surface area contributed by atoms with Gasteiger partial charge in [0.15, 0.2) is 0 Å². The Labute approximate surface area is 242 Å². The molecule has 0 saturated carbocycles. The summed E-state index contributed by atoms with van der Waals surface area (Å²) in [6, 6.07) is 13.0. The van der Waals surface area contributed by atoms with Gasteiger partial charge in [-0.15, -0.1) is 0 Å². The van der Waals surface area contributed by atoms with Crippen molar-refractivity contribution in [2.45, 2.75) is 46.1 Å². The number of halogens is 2. The van der Waals surface area contributed by atoms with Gasteiger partial charge in [0.1, 0.15) is 29.0 Å². The lowest BCUT2D eigenvalue weighted by Crippen LogP contribution is -2.24. The summed E-state index contributed by atoms with van der Waals surface area (Å²) >= 11 is 0. The van der Waals surface area contributed by atoms with Crippen molar-refractivity contribution >= 4 is 17.4 Å². The molecule has 0 radical (unpaired) electrons. The molecule has 4 aromatic rings. The second-order valence-electron chi connectivity index (χ2n) is 10.8. The number of methoxy groups -OCH3 is 2. The van der Waals surface area contributed by atoms with E-state index in [1.807, 2.05) is 18.3 Å². The average molecular weight is 572 g/mol. The van der Waals surface area contributed by atoms with Gasteiger partial charge in [0.25, 0.3) is 5.91 Å². The summed E-state index contributed by atoms with van der Waals surface area (Å²) in [5, 5.41) is 3.28. The van der Waals surface area contributed by atoms with Crippen LogP contribution in [-0.2, 0) is 26.2 Å². The lowest BCUT2D eigenvalue weighted by Gasteiger charge is -2.18. The van der Waals surface area contributed by atoms with Crippen LogP contribution in [0.4, 0.5) is 20.3 Å². The zero-order chi connectivity index (χ0) is 29.5. The fraction of sp³-hybridized carbons (Fsp3) is 0.281. The Morgan fingerprint density at radius 1 is 0.952 bits per heavy atom. The minimum atomic E-state index is -0.734. The highest BCUT2D eigenvalue weighted by atomic mass is 19.1. The zero-order valence-electron chi connectivity index (χ0n) is 23.9. The second kappa shape index (κ2) is 11.0. The van der Waals surface area contributed by atoms with E-state index < -0.39 is 11.6 Å². The van der Waals surface area contributed by atoms with E-state index in [9.17, 15) is 13.6 Å². The van der Waals surface area contributed by atoms with Crippen molar-refractivity contribution in [2.24, 2.45) is 0 Å². The maximum Gasteiger partial charge on any atom is 0.258 e. The van der Waals surface area contributed by atoms with E-state index in [1.165, 1.54) is 24.3 Å². The molecule has 216 valence electrons. The normalized spacial score (nSPS) is 14.4. The number of amides is 1. The molecule has 0 unspecified atom stereocenters. The molecule has 0 spiro atoms. The molecule has 0 aliphatic carbocycles. The molecule has 2 aliphatic rings. The summed E-state index contributed by atoms with van der Waals surface area (Å²) in [6.45, 7) is 6.32. The van der Waals surface area contributed by atoms with E-state index in [-0.39, 0.29) is 30.3 Å². The highest BCUT2D eigenvalue weighted by Gasteiger charge is 2.34.